The van der Waals surface area contributed by atoms with Crippen molar-refractivity contribution in [2.45, 2.75) is 6.10 Å². The molecule has 0 spiro atoms. The van der Waals surface area contributed by atoms with Crippen LogP contribution < -0.4 is 21.3 Å². The molecule has 1 fully saturated rings. The second kappa shape index (κ2) is 8.35. The molecule has 2 rings (SSSR count). The number of benzene rings is 1. The van der Waals surface area contributed by atoms with Crippen molar-refractivity contribution in [2.75, 3.05) is 50.1 Å². The third kappa shape index (κ3) is 4.83. The maximum absolute atomic E-state index is 11.7. The van der Waals surface area contributed by atoms with Crippen molar-refractivity contribution >= 4 is 23.4 Å². The van der Waals surface area contributed by atoms with E-state index in [1.807, 2.05) is 24.3 Å². The summed E-state index contributed by atoms with van der Waals surface area (Å²) in [6.07, 6.45) is -0.624. The summed E-state index contributed by atoms with van der Waals surface area (Å²) in [4.78, 5) is 24.3. The molecule has 0 unspecified atom stereocenters. The van der Waals surface area contributed by atoms with Crippen molar-refractivity contribution in [3.8, 4) is 0 Å². The lowest BCUT2D eigenvalue weighted by Gasteiger charge is -2.14. The lowest BCUT2D eigenvalue weighted by Crippen LogP contribution is -2.27. The minimum absolute atomic E-state index is 0.0521. The first-order chi connectivity index (χ1) is 11.1. The van der Waals surface area contributed by atoms with Gasteiger partial charge in [-0.1, -0.05) is 0 Å². The molecule has 1 aliphatic rings. The van der Waals surface area contributed by atoms with Crippen molar-refractivity contribution in [1.82, 2.24) is 5.32 Å². The number of amides is 2. The van der Waals surface area contributed by atoms with Crippen LogP contribution in [0.4, 0.5) is 16.2 Å². The molecule has 8 nitrogen and oxygen atoms in total. The largest absolute Gasteiger partial charge is 0.443 e. The van der Waals surface area contributed by atoms with Gasteiger partial charge in [-0.15, -0.1) is 0 Å². The van der Waals surface area contributed by atoms with E-state index in [9.17, 15) is 9.59 Å². The van der Waals surface area contributed by atoms with Gasteiger partial charge in [0.1, 0.15) is 12.7 Å². The predicted molar refractivity (Wildman–Crippen MR) is 86.5 cm³/mol. The molecule has 2 amide bonds. The number of carbonyl (C=O) groups excluding carboxylic acids is 2. The highest BCUT2D eigenvalue weighted by molar-refractivity contribution is 5.90. The van der Waals surface area contributed by atoms with Gasteiger partial charge in [0.25, 0.3) is 0 Å². The Morgan fingerprint density at radius 2 is 2.17 bits per heavy atom. The third-order valence-corrected chi connectivity index (χ3v) is 3.40. The number of hydrogen-bond donors (Lipinski definition) is 3. The van der Waals surface area contributed by atoms with Crippen molar-refractivity contribution in [3.63, 3.8) is 0 Å². The first-order valence-corrected chi connectivity index (χ1v) is 7.44. The second-order valence-corrected chi connectivity index (χ2v) is 5.05. The van der Waals surface area contributed by atoms with Gasteiger partial charge in [0, 0.05) is 31.5 Å². The molecule has 8 heteroatoms. The Morgan fingerprint density at radius 3 is 2.78 bits per heavy atom. The summed E-state index contributed by atoms with van der Waals surface area (Å²) in [5.41, 5.74) is 7.19. The van der Waals surface area contributed by atoms with Gasteiger partial charge in [-0.25, -0.2) is 4.79 Å². The van der Waals surface area contributed by atoms with E-state index in [0.717, 1.165) is 11.4 Å². The summed E-state index contributed by atoms with van der Waals surface area (Å²) >= 11 is 0. The predicted octanol–water partition coefficient (Wildman–Crippen LogP) is 0.145. The monoisotopic (exact) mass is 322 g/mol. The minimum Gasteiger partial charge on any atom is -0.443 e. The summed E-state index contributed by atoms with van der Waals surface area (Å²) in [7, 11) is 1.57. The van der Waals surface area contributed by atoms with Crippen molar-refractivity contribution in [2.24, 2.45) is 5.73 Å². The Balaban J connectivity index is 1.76. The van der Waals surface area contributed by atoms with Crippen LogP contribution in [-0.2, 0) is 14.3 Å². The zero-order valence-electron chi connectivity index (χ0n) is 13.1. The van der Waals surface area contributed by atoms with Crippen LogP contribution in [-0.4, -0.2) is 58.0 Å². The highest BCUT2D eigenvalue weighted by Gasteiger charge is 2.31. The lowest BCUT2D eigenvalue weighted by atomic mass is 10.2. The Hall–Kier alpha value is -2.32. The van der Waals surface area contributed by atoms with Gasteiger partial charge < -0.3 is 25.8 Å². The number of nitrogens with one attached hydrogen (secondary N) is 2. The molecule has 23 heavy (non-hydrogen) atoms. The number of nitrogens with zero attached hydrogens (tertiary/aromatic N) is 1. The van der Waals surface area contributed by atoms with Gasteiger partial charge in [-0.3, -0.25) is 9.69 Å². The van der Waals surface area contributed by atoms with E-state index >= 15 is 0 Å². The molecule has 4 N–H and O–H groups in total. The normalized spacial score (nSPS) is 17.0. The van der Waals surface area contributed by atoms with Gasteiger partial charge in [0.2, 0.25) is 5.91 Å². The average Bonchev–Trinajstić information content (AvgIpc) is 2.96. The molecular weight excluding hydrogens is 300 g/mol. The fourth-order valence-corrected chi connectivity index (χ4v) is 2.12. The Morgan fingerprint density at radius 1 is 1.43 bits per heavy atom. The van der Waals surface area contributed by atoms with Crippen molar-refractivity contribution in [1.29, 1.82) is 0 Å². The van der Waals surface area contributed by atoms with Crippen LogP contribution in [0.5, 0.6) is 0 Å². The molecule has 0 saturated carbocycles. The van der Waals surface area contributed by atoms with Gasteiger partial charge in [-0.2, -0.15) is 0 Å². The molecule has 1 saturated heterocycles. The standard InChI is InChI=1S/C15H22N4O4/c1-17-14(20)10-22-7-6-18-11-2-4-12(5-3-11)19-9-13(8-16)23-15(19)21/h2-5,13,18H,6-10,16H2,1H3,(H,17,20)/t13-/m0/s1. The number of hydrogen-bond acceptors (Lipinski definition) is 6. The van der Waals surface area contributed by atoms with E-state index < -0.39 is 0 Å². The third-order valence-electron chi connectivity index (χ3n) is 3.40. The number of cyclic esters (lactones) is 1. The molecule has 0 aliphatic carbocycles. The quantitative estimate of drug-likeness (QED) is 0.588. The van der Waals surface area contributed by atoms with E-state index in [1.165, 1.54) is 0 Å². The van der Waals surface area contributed by atoms with Crippen LogP contribution in [0.2, 0.25) is 0 Å². The summed E-state index contributed by atoms with van der Waals surface area (Å²) < 4.78 is 10.3. The zero-order valence-corrected chi connectivity index (χ0v) is 13.1. The smallest absolute Gasteiger partial charge is 0.414 e. The molecule has 126 valence electrons. The second-order valence-electron chi connectivity index (χ2n) is 5.05. The molecular formula is C15H22N4O4. The molecule has 1 aromatic carbocycles. The lowest BCUT2D eigenvalue weighted by molar-refractivity contribution is -0.125. The first-order valence-electron chi connectivity index (χ1n) is 7.44. The topological polar surface area (TPSA) is 106 Å². The molecule has 1 heterocycles. The Bertz CT molecular complexity index is 535. The maximum atomic E-state index is 11.7. The fraction of sp³-hybridized carbons (Fsp3) is 0.467. The van der Waals surface area contributed by atoms with E-state index in [1.54, 1.807) is 11.9 Å². The number of carbonyl (C=O) groups is 2. The molecule has 1 aromatic rings. The van der Waals surface area contributed by atoms with Crippen LogP contribution in [0.1, 0.15) is 0 Å². The first kappa shape index (κ1) is 17.0. The van der Waals surface area contributed by atoms with Crippen LogP contribution in [0.25, 0.3) is 0 Å². The van der Waals surface area contributed by atoms with Gasteiger partial charge in [0.05, 0.1) is 13.2 Å². The average molecular weight is 322 g/mol. The van der Waals surface area contributed by atoms with E-state index in [2.05, 4.69) is 10.6 Å². The Kier molecular flexibility index (Phi) is 6.19. The van der Waals surface area contributed by atoms with Gasteiger partial charge >= 0.3 is 6.09 Å². The van der Waals surface area contributed by atoms with Gasteiger partial charge in [-0.05, 0) is 24.3 Å². The van der Waals surface area contributed by atoms with E-state index in [0.29, 0.717) is 26.2 Å². The number of likely N-dealkylation sites (N-methyl/N-ethyl adjacent to an activating group) is 1. The van der Waals surface area contributed by atoms with E-state index in [-0.39, 0.29) is 24.7 Å². The van der Waals surface area contributed by atoms with Crippen LogP contribution >= 0.6 is 0 Å². The molecule has 0 aromatic heterocycles. The minimum atomic E-state index is -0.372. The van der Waals surface area contributed by atoms with E-state index in [4.69, 9.17) is 15.2 Å². The number of ether oxygens (including phenoxy) is 2. The van der Waals surface area contributed by atoms with Crippen molar-refractivity contribution < 1.29 is 19.1 Å². The summed E-state index contributed by atoms with van der Waals surface area (Å²) in [5, 5.41) is 5.66. The molecule has 0 bridgehead atoms. The SMILES string of the molecule is CNC(=O)COCCNc1ccc(N2C[C@H](CN)OC2=O)cc1. The summed E-state index contributed by atoms with van der Waals surface area (Å²) in [6.45, 7) is 1.84. The highest BCUT2D eigenvalue weighted by atomic mass is 16.6. The molecule has 1 atom stereocenters. The number of nitrogens with two attached hydrogens (primary N) is 1. The summed E-state index contributed by atoms with van der Waals surface area (Å²) in [6, 6.07) is 7.43. The van der Waals surface area contributed by atoms with Gasteiger partial charge in [0.15, 0.2) is 0 Å². The number of rotatable bonds is 8. The highest BCUT2D eigenvalue weighted by Crippen LogP contribution is 2.23. The maximum Gasteiger partial charge on any atom is 0.414 e. The van der Waals surface area contributed by atoms with Crippen LogP contribution in [0.15, 0.2) is 24.3 Å². The molecule has 1 aliphatic heterocycles. The van der Waals surface area contributed by atoms with Crippen LogP contribution in [0, 0.1) is 0 Å². The zero-order chi connectivity index (χ0) is 16.7. The summed E-state index contributed by atoms with van der Waals surface area (Å²) in [5.74, 6) is -0.150. The fourth-order valence-electron chi connectivity index (χ4n) is 2.12. The van der Waals surface area contributed by atoms with Crippen molar-refractivity contribution in [3.05, 3.63) is 24.3 Å². The Labute approximate surface area is 134 Å². The number of anilines is 2. The van der Waals surface area contributed by atoms with Crippen LogP contribution in [0.3, 0.4) is 0 Å². The molecule has 0 radical (unpaired) electrons.